The zero-order valence-corrected chi connectivity index (χ0v) is 7.01. The van der Waals surface area contributed by atoms with Gasteiger partial charge in [0.1, 0.15) is 0 Å². The zero-order valence-electron chi connectivity index (χ0n) is 7.01. The Hall–Kier alpha value is -0.650. The first kappa shape index (κ1) is 9.44. The molecular formula is C7H15N3O2. The van der Waals surface area contributed by atoms with Crippen LogP contribution in [0.2, 0.25) is 0 Å². The number of ether oxygens (including phenoxy) is 1. The van der Waals surface area contributed by atoms with E-state index < -0.39 is 0 Å². The van der Waals surface area contributed by atoms with Gasteiger partial charge in [-0.1, -0.05) is 0 Å². The van der Waals surface area contributed by atoms with Gasteiger partial charge < -0.3 is 10.1 Å². The van der Waals surface area contributed by atoms with E-state index in [0.29, 0.717) is 0 Å². The van der Waals surface area contributed by atoms with Gasteiger partial charge in [0.15, 0.2) is 0 Å². The fraction of sp³-hybridized carbons (Fsp3) is 0.857. The molecule has 12 heavy (non-hydrogen) atoms. The lowest BCUT2D eigenvalue weighted by atomic mass is 10.2. The highest BCUT2D eigenvalue weighted by Crippen LogP contribution is 2.10. The van der Waals surface area contributed by atoms with Crippen LogP contribution in [-0.2, 0) is 9.53 Å². The first-order chi connectivity index (χ1) is 5.83. The number of hydrazine groups is 1. The van der Waals surface area contributed by atoms with Gasteiger partial charge >= 0.3 is 0 Å². The number of rotatable bonds is 4. The lowest BCUT2D eigenvalue weighted by Crippen LogP contribution is -2.40. The molecule has 0 aromatic carbocycles. The van der Waals surface area contributed by atoms with Gasteiger partial charge in [-0.25, -0.2) is 5.84 Å². The van der Waals surface area contributed by atoms with Gasteiger partial charge in [0.2, 0.25) is 5.91 Å². The summed E-state index contributed by atoms with van der Waals surface area (Å²) < 4.78 is 5.34. The van der Waals surface area contributed by atoms with Gasteiger partial charge in [0, 0.05) is 13.2 Å². The van der Waals surface area contributed by atoms with Crippen molar-refractivity contribution in [1.82, 2.24) is 10.7 Å². The molecule has 1 aliphatic rings. The topological polar surface area (TPSA) is 76.4 Å². The van der Waals surface area contributed by atoms with Crippen molar-refractivity contribution >= 4 is 5.91 Å². The number of hydrogen-bond donors (Lipinski definition) is 3. The van der Waals surface area contributed by atoms with E-state index in [2.05, 4.69) is 5.32 Å². The highest BCUT2D eigenvalue weighted by Gasteiger charge is 2.14. The van der Waals surface area contributed by atoms with Crippen molar-refractivity contribution in [2.75, 3.05) is 19.7 Å². The standard InChI is InChI=1S/C7H15N3O2/c8-10-7(11)5-9-4-6-2-1-3-12-6/h6,9H,1-5,8H2,(H,10,11). The molecule has 0 spiro atoms. The molecule has 5 heteroatoms. The van der Waals surface area contributed by atoms with Gasteiger partial charge in [-0.05, 0) is 12.8 Å². The Bertz CT molecular complexity index is 146. The number of nitrogens with two attached hydrogens (primary N) is 1. The Labute approximate surface area is 71.6 Å². The molecule has 5 nitrogen and oxygen atoms in total. The summed E-state index contributed by atoms with van der Waals surface area (Å²) in [4.78, 5) is 10.6. The van der Waals surface area contributed by atoms with E-state index in [9.17, 15) is 4.79 Å². The third-order valence-corrected chi connectivity index (χ3v) is 1.84. The van der Waals surface area contributed by atoms with E-state index in [1.54, 1.807) is 0 Å². The van der Waals surface area contributed by atoms with Gasteiger partial charge in [-0.15, -0.1) is 0 Å². The molecule has 0 bridgehead atoms. The Balaban J connectivity index is 1.97. The molecule has 0 saturated carbocycles. The minimum Gasteiger partial charge on any atom is -0.377 e. The van der Waals surface area contributed by atoms with Crippen LogP contribution in [0.25, 0.3) is 0 Å². The largest absolute Gasteiger partial charge is 0.377 e. The molecule has 1 aliphatic heterocycles. The third kappa shape index (κ3) is 3.17. The van der Waals surface area contributed by atoms with Crippen molar-refractivity contribution in [2.45, 2.75) is 18.9 Å². The summed E-state index contributed by atoms with van der Waals surface area (Å²) in [7, 11) is 0. The van der Waals surface area contributed by atoms with Gasteiger partial charge in [0.25, 0.3) is 0 Å². The molecule has 0 aromatic heterocycles. The quantitative estimate of drug-likeness (QED) is 0.282. The van der Waals surface area contributed by atoms with Crippen molar-refractivity contribution < 1.29 is 9.53 Å². The van der Waals surface area contributed by atoms with Crippen molar-refractivity contribution in [3.8, 4) is 0 Å². The van der Waals surface area contributed by atoms with E-state index in [4.69, 9.17) is 10.6 Å². The minimum absolute atomic E-state index is 0.201. The van der Waals surface area contributed by atoms with Crippen LogP contribution in [0.15, 0.2) is 0 Å². The predicted molar refractivity (Wildman–Crippen MR) is 44.2 cm³/mol. The van der Waals surface area contributed by atoms with Gasteiger partial charge in [-0.3, -0.25) is 10.2 Å². The average Bonchev–Trinajstić information content (AvgIpc) is 2.57. The predicted octanol–water partition coefficient (Wildman–Crippen LogP) is -1.26. The van der Waals surface area contributed by atoms with E-state index in [-0.39, 0.29) is 18.6 Å². The first-order valence-corrected chi connectivity index (χ1v) is 4.14. The molecule has 1 fully saturated rings. The highest BCUT2D eigenvalue weighted by molar-refractivity contribution is 5.77. The maximum absolute atomic E-state index is 10.6. The second-order valence-corrected chi connectivity index (χ2v) is 2.83. The van der Waals surface area contributed by atoms with Crippen molar-refractivity contribution in [3.05, 3.63) is 0 Å². The number of amides is 1. The summed E-state index contributed by atoms with van der Waals surface area (Å²) in [5.41, 5.74) is 2.05. The second kappa shape index (κ2) is 5.08. The highest BCUT2D eigenvalue weighted by atomic mass is 16.5. The maximum Gasteiger partial charge on any atom is 0.247 e. The first-order valence-electron chi connectivity index (χ1n) is 4.14. The minimum atomic E-state index is -0.201. The van der Waals surface area contributed by atoms with Crippen LogP contribution >= 0.6 is 0 Å². The summed E-state index contributed by atoms with van der Waals surface area (Å²) in [6.07, 6.45) is 2.47. The smallest absolute Gasteiger partial charge is 0.247 e. The Kier molecular flexibility index (Phi) is 3.99. The van der Waals surface area contributed by atoms with E-state index >= 15 is 0 Å². The molecule has 1 rings (SSSR count). The van der Waals surface area contributed by atoms with Gasteiger partial charge in [0.05, 0.1) is 12.6 Å². The molecule has 70 valence electrons. The summed E-state index contributed by atoms with van der Waals surface area (Å²) >= 11 is 0. The fourth-order valence-corrected chi connectivity index (χ4v) is 1.20. The summed E-state index contributed by atoms with van der Waals surface area (Å²) in [5, 5.41) is 2.96. The molecule has 0 aliphatic carbocycles. The van der Waals surface area contributed by atoms with Crippen molar-refractivity contribution in [1.29, 1.82) is 0 Å². The molecule has 1 saturated heterocycles. The zero-order chi connectivity index (χ0) is 8.81. The van der Waals surface area contributed by atoms with Crippen LogP contribution in [0.5, 0.6) is 0 Å². The molecule has 1 atom stereocenters. The molecule has 0 radical (unpaired) electrons. The molecule has 1 heterocycles. The molecular weight excluding hydrogens is 158 g/mol. The SMILES string of the molecule is NNC(=O)CNCC1CCCO1. The van der Waals surface area contributed by atoms with Crippen LogP contribution in [0, 0.1) is 0 Å². The van der Waals surface area contributed by atoms with Crippen LogP contribution in [0.1, 0.15) is 12.8 Å². The maximum atomic E-state index is 10.6. The van der Waals surface area contributed by atoms with Gasteiger partial charge in [-0.2, -0.15) is 0 Å². The Morgan fingerprint density at radius 3 is 3.08 bits per heavy atom. The molecule has 0 aromatic rings. The van der Waals surface area contributed by atoms with Crippen LogP contribution < -0.4 is 16.6 Å². The van der Waals surface area contributed by atoms with Crippen molar-refractivity contribution in [3.63, 3.8) is 0 Å². The van der Waals surface area contributed by atoms with Crippen LogP contribution in [-0.4, -0.2) is 31.7 Å². The van der Waals surface area contributed by atoms with E-state index in [0.717, 1.165) is 26.0 Å². The van der Waals surface area contributed by atoms with E-state index in [1.165, 1.54) is 0 Å². The molecule has 1 amide bonds. The van der Waals surface area contributed by atoms with Crippen LogP contribution in [0.3, 0.4) is 0 Å². The van der Waals surface area contributed by atoms with Crippen molar-refractivity contribution in [2.24, 2.45) is 5.84 Å². The lowest BCUT2D eigenvalue weighted by Gasteiger charge is -2.09. The van der Waals surface area contributed by atoms with E-state index in [1.807, 2.05) is 5.43 Å². The average molecular weight is 173 g/mol. The summed E-state index contributed by atoms with van der Waals surface area (Å²) in [6.45, 7) is 1.83. The number of carbonyl (C=O) groups is 1. The number of carbonyl (C=O) groups excluding carboxylic acids is 1. The Morgan fingerprint density at radius 2 is 2.50 bits per heavy atom. The summed E-state index contributed by atoms with van der Waals surface area (Å²) in [5.74, 6) is 4.69. The normalized spacial score (nSPS) is 22.6. The third-order valence-electron chi connectivity index (χ3n) is 1.84. The second-order valence-electron chi connectivity index (χ2n) is 2.83. The monoisotopic (exact) mass is 173 g/mol. The summed E-state index contributed by atoms with van der Waals surface area (Å²) in [6, 6.07) is 0. The molecule has 4 N–H and O–H groups in total. The lowest BCUT2D eigenvalue weighted by molar-refractivity contribution is -0.120. The van der Waals surface area contributed by atoms with Crippen LogP contribution in [0.4, 0.5) is 0 Å². The Morgan fingerprint density at radius 1 is 1.67 bits per heavy atom. The number of nitrogens with one attached hydrogen (secondary N) is 2. The fourth-order valence-electron chi connectivity index (χ4n) is 1.20. The number of hydrogen-bond acceptors (Lipinski definition) is 4. The molecule has 1 unspecified atom stereocenters.